The molecule has 1 atom stereocenters. The first-order valence-electron chi connectivity index (χ1n) is 5.74. The molecule has 0 saturated carbocycles. The maximum absolute atomic E-state index is 13.2. The van der Waals surface area contributed by atoms with Gasteiger partial charge in [0.2, 0.25) is 0 Å². The Morgan fingerprint density at radius 3 is 2.47 bits per heavy atom. The number of nitrogens with one attached hydrogen (secondary N) is 1. The van der Waals surface area contributed by atoms with Crippen molar-refractivity contribution in [1.82, 2.24) is 0 Å². The van der Waals surface area contributed by atoms with Crippen LogP contribution >= 0.6 is 23.2 Å². The van der Waals surface area contributed by atoms with E-state index in [2.05, 4.69) is 5.32 Å². The number of hydrogen-bond donors (Lipinski definition) is 1. The lowest BCUT2D eigenvalue weighted by Crippen LogP contribution is -2.06. The lowest BCUT2D eigenvalue weighted by Gasteiger charge is -2.11. The largest absolute Gasteiger partial charge is 0.378 e. The first-order valence-corrected chi connectivity index (χ1v) is 6.49. The highest BCUT2D eigenvalue weighted by Gasteiger charge is 2.24. The van der Waals surface area contributed by atoms with Gasteiger partial charge in [0.1, 0.15) is 0 Å². The molecule has 0 bridgehead atoms. The van der Waals surface area contributed by atoms with Gasteiger partial charge in [0.25, 0.3) is 0 Å². The summed E-state index contributed by atoms with van der Waals surface area (Å²) >= 11 is 11.9. The molecule has 19 heavy (non-hydrogen) atoms. The second-order valence-electron chi connectivity index (χ2n) is 4.50. The van der Waals surface area contributed by atoms with Gasteiger partial charge in [0.05, 0.1) is 16.1 Å². The SMILES string of the molecule is Fc1ccc(C2Cc3cc(Cl)c(Cl)cc3N2)cc1F. The van der Waals surface area contributed by atoms with Gasteiger partial charge in [-0.15, -0.1) is 0 Å². The highest BCUT2D eigenvalue weighted by Crippen LogP contribution is 2.38. The van der Waals surface area contributed by atoms with Crippen LogP contribution < -0.4 is 5.32 Å². The molecule has 2 aromatic rings. The summed E-state index contributed by atoms with van der Waals surface area (Å²) in [6, 6.07) is 7.37. The fourth-order valence-corrected chi connectivity index (χ4v) is 2.63. The molecular weight excluding hydrogens is 291 g/mol. The van der Waals surface area contributed by atoms with Crippen LogP contribution in [-0.4, -0.2) is 0 Å². The number of benzene rings is 2. The van der Waals surface area contributed by atoms with Gasteiger partial charge in [-0.1, -0.05) is 29.3 Å². The van der Waals surface area contributed by atoms with Gasteiger partial charge in [-0.3, -0.25) is 0 Å². The van der Waals surface area contributed by atoms with Gasteiger partial charge >= 0.3 is 0 Å². The molecule has 1 unspecified atom stereocenters. The van der Waals surface area contributed by atoms with Crippen LogP contribution in [0.2, 0.25) is 10.0 Å². The minimum atomic E-state index is -0.842. The fourth-order valence-electron chi connectivity index (χ4n) is 2.28. The molecule has 1 N–H and O–H groups in total. The van der Waals surface area contributed by atoms with Crippen molar-refractivity contribution in [2.45, 2.75) is 12.5 Å². The van der Waals surface area contributed by atoms with E-state index in [1.165, 1.54) is 6.07 Å². The summed E-state index contributed by atoms with van der Waals surface area (Å²) in [4.78, 5) is 0. The molecule has 3 rings (SSSR count). The Morgan fingerprint density at radius 1 is 1.00 bits per heavy atom. The van der Waals surface area contributed by atoms with Crippen molar-refractivity contribution in [3.8, 4) is 0 Å². The van der Waals surface area contributed by atoms with Crippen LogP contribution in [0.5, 0.6) is 0 Å². The molecular formula is C14H9Cl2F2N. The Bertz CT molecular complexity index is 627. The van der Waals surface area contributed by atoms with E-state index in [-0.39, 0.29) is 6.04 Å². The van der Waals surface area contributed by atoms with Crippen molar-refractivity contribution in [2.75, 3.05) is 5.32 Å². The number of anilines is 1. The zero-order valence-electron chi connectivity index (χ0n) is 9.68. The van der Waals surface area contributed by atoms with E-state index >= 15 is 0 Å². The van der Waals surface area contributed by atoms with Crippen LogP contribution in [0.4, 0.5) is 14.5 Å². The smallest absolute Gasteiger partial charge is 0.159 e. The molecule has 2 aromatic carbocycles. The highest BCUT2D eigenvalue weighted by atomic mass is 35.5. The quantitative estimate of drug-likeness (QED) is 0.783. The molecule has 0 radical (unpaired) electrons. The van der Waals surface area contributed by atoms with Crippen molar-refractivity contribution in [2.24, 2.45) is 0 Å². The van der Waals surface area contributed by atoms with Gasteiger partial charge in [0, 0.05) is 5.69 Å². The van der Waals surface area contributed by atoms with Crippen LogP contribution in [0.1, 0.15) is 17.2 Å². The third kappa shape index (κ3) is 2.28. The van der Waals surface area contributed by atoms with Crippen molar-refractivity contribution in [3.05, 3.63) is 63.1 Å². The normalized spacial score (nSPS) is 17.2. The standard InChI is InChI=1S/C14H9Cl2F2N/c15-9-3-8-5-13(19-14(8)6-10(9)16)7-1-2-11(17)12(18)4-7/h1-4,6,13,19H,5H2. The topological polar surface area (TPSA) is 12.0 Å². The number of hydrogen-bond acceptors (Lipinski definition) is 1. The summed E-state index contributed by atoms with van der Waals surface area (Å²) in [6.45, 7) is 0. The summed E-state index contributed by atoms with van der Waals surface area (Å²) in [5, 5.41) is 4.20. The van der Waals surface area contributed by atoms with Crippen LogP contribution in [0.25, 0.3) is 0 Å². The average Bonchev–Trinajstić information content (AvgIpc) is 2.76. The molecule has 0 aliphatic carbocycles. The fraction of sp³-hybridized carbons (Fsp3) is 0.143. The van der Waals surface area contributed by atoms with Crippen LogP contribution in [0, 0.1) is 11.6 Å². The maximum atomic E-state index is 13.2. The Labute approximate surface area is 119 Å². The van der Waals surface area contributed by atoms with Crippen LogP contribution in [0.3, 0.4) is 0 Å². The molecule has 5 heteroatoms. The first-order chi connectivity index (χ1) is 9.04. The van der Waals surface area contributed by atoms with E-state index in [0.29, 0.717) is 22.0 Å². The Balaban J connectivity index is 1.93. The lowest BCUT2D eigenvalue weighted by molar-refractivity contribution is 0.506. The van der Waals surface area contributed by atoms with E-state index in [4.69, 9.17) is 23.2 Å². The third-order valence-electron chi connectivity index (χ3n) is 3.25. The Morgan fingerprint density at radius 2 is 1.74 bits per heavy atom. The second kappa shape index (κ2) is 4.66. The van der Waals surface area contributed by atoms with E-state index < -0.39 is 11.6 Å². The summed E-state index contributed by atoms with van der Waals surface area (Å²) in [5.41, 5.74) is 2.59. The van der Waals surface area contributed by atoms with Crippen molar-refractivity contribution < 1.29 is 8.78 Å². The Hall–Kier alpha value is -1.32. The maximum Gasteiger partial charge on any atom is 0.159 e. The summed E-state index contributed by atoms with van der Waals surface area (Å²) in [6.07, 6.45) is 0.664. The van der Waals surface area contributed by atoms with Gasteiger partial charge < -0.3 is 5.32 Å². The van der Waals surface area contributed by atoms with Crippen molar-refractivity contribution >= 4 is 28.9 Å². The predicted octanol–water partition coefficient (Wildman–Crippen LogP) is 4.98. The van der Waals surface area contributed by atoms with Gasteiger partial charge in [-0.2, -0.15) is 0 Å². The predicted molar refractivity (Wildman–Crippen MR) is 72.9 cm³/mol. The molecule has 1 nitrogen and oxygen atoms in total. The average molecular weight is 300 g/mol. The first kappa shape index (κ1) is 12.7. The lowest BCUT2D eigenvalue weighted by atomic mass is 10.0. The minimum Gasteiger partial charge on any atom is -0.378 e. The number of fused-ring (bicyclic) bond motifs is 1. The third-order valence-corrected chi connectivity index (χ3v) is 3.97. The molecule has 0 amide bonds. The van der Waals surface area contributed by atoms with Crippen LogP contribution in [0.15, 0.2) is 30.3 Å². The summed E-state index contributed by atoms with van der Waals surface area (Å²) < 4.78 is 26.2. The van der Waals surface area contributed by atoms with E-state index in [1.807, 2.05) is 0 Å². The minimum absolute atomic E-state index is 0.0976. The van der Waals surface area contributed by atoms with Crippen LogP contribution in [-0.2, 0) is 6.42 Å². The zero-order chi connectivity index (χ0) is 13.6. The molecule has 0 spiro atoms. The molecule has 0 fully saturated rings. The zero-order valence-corrected chi connectivity index (χ0v) is 11.2. The van der Waals surface area contributed by atoms with Gasteiger partial charge in [0.15, 0.2) is 11.6 Å². The second-order valence-corrected chi connectivity index (χ2v) is 5.31. The summed E-state index contributed by atoms with van der Waals surface area (Å²) in [5.74, 6) is -1.68. The monoisotopic (exact) mass is 299 g/mol. The summed E-state index contributed by atoms with van der Waals surface area (Å²) in [7, 11) is 0. The molecule has 0 saturated heterocycles. The van der Waals surface area contributed by atoms with Gasteiger partial charge in [-0.25, -0.2) is 8.78 Å². The van der Waals surface area contributed by atoms with Crippen molar-refractivity contribution in [1.29, 1.82) is 0 Å². The molecule has 0 aromatic heterocycles. The van der Waals surface area contributed by atoms with Crippen molar-refractivity contribution in [3.63, 3.8) is 0 Å². The van der Waals surface area contributed by atoms with E-state index in [0.717, 1.165) is 17.3 Å². The number of rotatable bonds is 1. The van der Waals surface area contributed by atoms with Gasteiger partial charge in [-0.05, 0) is 41.8 Å². The van der Waals surface area contributed by atoms with E-state index in [1.54, 1.807) is 18.2 Å². The molecule has 1 heterocycles. The highest BCUT2D eigenvalue weighted by molar-refractivity contribution is 6.42. The number of halogens is 4. The van der Waals surface area contributed by atoms with E-state index in [9.17, 15) is 8.78 Å². The molecule has 1 aliphatic rings. The Kier molecular flexibility index (Phi) is 3.11. The molecule has 98 valence electrons. The molecule has 1 aliphatic heterocycles.